The first-order chi connectivity index (χ1) is 13.5. The quantitative estimate of drug-likeness (QED) is 0.856. The highest BCUT2D eigenvalue weighted by Crippen LogP contribution is 2.23. The molecule has 1 aromatic heterocycles. The van der Waals surface area contributed by atoms with E-state index in [2.05, 4.69) is 4.98 Å². The van der Waals surface area contributed by atoms with Gasteiger partial charge in [-0.15, -0.1) is 0 Å². The molecule has 6 nitrogen and oxygen atoms in total. The molecule has 0 spiro atoms. The van der Waals surface area contributed by atoms with Gasteiger partial charge in [-0.3, -0.25) is 9.59 Å². The van der Waals surface area contributed by atoms with Crippen molar-refractivity contribution in [3.8, 4) is 11.3 Å². The summed E-state index contributed by atoms with van der Waals surface area (Å²) < 4.78 is 5.60. The molecule has 2 fully saturated rings. The van der Waals surface area contributed by atoms with E-state index in [1.807, 2.05) is 41.3 Å². The number of amides is 2. The fourth-order valence-electron chi connectivity index (χ4n) is 3.89. The molecule has 2 aliphatic rings. The lowest BCUT2D eigenvalue weighted by molar-refractivity contribution is -0.134. The molecule has 28 heavy (non-hydrogen) atoms. The van der Waals surface area contributed by atoms with Crippen LogP contribution in [-0.2, 0) is 20.7 Å². The van der Waals surface area contributed by atoms with Gasteiger partial charge in [0.05, 0.1) is 25.2 Å². The van der Waals surface area contributed by atoms with Crippen LogP contribution >= 0.6 is 11.6 Å². The minimum Gasteiger partial charge on any atom is -0.378 e. The standard InChI is InChI=1S/C21H24ClN3O3/c1-24-18-11-25(10-15(21(24)27)12-28-13-18)20(26)9-7-17-6-8-19(23-17)14-2-4-16(22)5-3-14/h2-6,8,15,18,23H,7,9-13H2,1H3/t15-,18+/m1/s1. The summed E-state index contributed by atoms with van der Waals surface area (Å²) in [7, 11) is 1.81. The molecule has 1 N–H and O–H groups in total. The van der Waals surface area contributed by atoms with Gasteiger partial charge in [0.1, 0.15) is 0 Å². The van der Waals surface area contributed by atoms with Crippen molar-refractivity contribution in [2.75, 3.05) is 33.4 Å². The lowest BCUT2D eigenvalue weighted by atomic mass is 10.1. The number of aryl methyl sites for hydroxylation is 1. The van der Waals surface area contributed by atoms with Crippen LogP contribution < -0.4 is 0 Å². The van der Waals surface area contributed by atoms with E-state index >= 15 is 0 Å². The highest BCUT2D eigenvalue weighted by Gasteiger charge is 2.38. The molecule has 148 valence electrons. The summed E-state index contributed by atoms with van der Waals surface area (Å²) in [5.41, 5.74) is 3.08. The van der Waals surface area contributed by atoms with E-state index in [0.717, 1.165) is 17.0 Å². The molecule has 2 aromatic rings. The maximum atomic E-state index is 12.8. The van der Waals surface area contributed by atoms with Crippen LogP contribution in [0.4, 0.5) is 0 Å². The van der Waals surface area contributed by atoms with E-state index in [1.165, 1.54) is 0 Å². The van der Waals surface area contributed by atoms with Gasteiger partial charge in [0.25, 0.3) is 0 Å². The topological polar surface area (TPSA) is 65.6 Å². The van der Waals surface area contributed by atoms with Crippen molar-refractivity contribution in [1.82, 2.24) is 14.8 Å². The van der Waals surface area contributed by atoms with E-state index in [4.69, 9.17) is 16.3 Å². The third-order valence-corrected chi connectivity index (χ3v) is 5.86. The molecule has 2 atom stereocenters. The Morgan fingerprint density at radius 1 is 1.18 bits per heavy atom. The van der Waals surface area contributed by atoms with Crippen LogP contribution in [0.3, 0.4) is 0 Å². The monoisotopic (exact) mass is 401 g/mol. The van der Waals surface area contributed by atoms with Crippen molar-refractivity contribution in [2.45, 2.75) is 18.9 Å². The number of rotatable bonds is 4. The van der Waals surface area contributed by atoms with Gasteiger partial charge in [0.15, 0.2) is 0 Å². The second kappa shape index (κ2) is 7.97. The van der Waals surface area contributed by atoms with E-state index in [-0.39, 0.29) is 23.8 Å². The van der Waals surface area contributed by atoms with Crippen LogP contribution in [0.5, 0.6) is 0 Å². The summed E-state index contributed by atoms with van der Waals surface area (Å²) in [5, 5.41) is 0.706. The average molecular weight is 402 g/mol. The van der Waals surface area contributed by atoms with Crippen molar-refractivity contribution in [1.29, 1.82) is 0 Å². The van der Waals surface area contributed by atoms with Crippen molar-refractivity contribution < 1.29 is 14.3 Å². The molecule has 1 aromatic carbocycles. The molecular weight excluding hydrogens is 378 g/mol. The van der Waals surface area contributed by atoms with Crippen LogP contribution in [0.25, 0.3) is 11.3 Å². The molecule has 4 rings (SSSR count). The number of halogens is 1. The van der Waals surface area contributed by atoms with Gasteiger partial charge in [0, 0.05) is 43.0 Å². The van der Waals surface area contributed by atoms with Gasteiger partial charge in [-0.1, -0.05) is 23.7 Å². The summed E-state index contributed by atoms with van der Waals surface area (Å²) >= 11 is 5.94. The normalized spacial score (nSPS) is 22.3. The molecule has 0 aliphatic carbocycles. The van der Waals surface area contributed by atoms with Crippen LogP contribution in [0, 0.1) is 5.92 Å². The number of nitrogens with zero attached hydrogens (tertiary/aromatic N) is 2. The Bertz CT molecular complexity index is 864. The van der Waals surface area contributed by atoms with E-state index < -0.39 is 0 Å². The number of aromatic nitrogens is 1. The SMILES string of the molecule is CN1C(=O)[C@H]2COC[C@@H]1CN(C(=O)CCc1ccc(-c3ccc(Cl)cc3)[nH]1)C2. The molecule has 2 saturated heterocycles. The number of ether oxygens (including phenoxy) is 1. The number of hydrogen-bond donors (Lipinski definition) is 1. The van der Waals surface area contributed by atoms with Crippen LogP contribution in [0.15, 0.2) is 36.4 Å². The van der Waals surface area contributed by atoms with Crippen molar-refractivity contribution in [3.63, 3.8) is 0 Å². The third-order valence-electron chi connectivity index (χ3n) is 5.61. The summed E-state index contributed by atoms with van der Waals surface area (Å²) in [4.78, 5) is 32.2. The molecule has 2 amide bonds. The molecule has 3 heterocycles. The van der Waals surface area contributed by atoms with Gasteiger partial charge in [-0.2, -0.15) is 0 Å². The fraction of sp³-hybridized carbons (Fsp3) is 0.429. The fourth-order valence-corrected chi connectivity index (χ4v) is 4.01. The number of carbonyl (C=O) groups is 2. The molecule has 0 unspecified atom stereocenters. The summed E-state index contributed by atoms with van der Waals surface area (Å²) in [6, 6.07) is 11.6. The number of aromatic amines is 1. The van der Waals surface area contributed by atoms with Gasteiger partial charge in [-0.25, -0.2) is 0 Å². The largest absolute Gasteiger partial charge is 0.378 e. The lowest BCUT2D eigenvalue weighted by Gasteiger charge is -2.29. The Hall–Kier alpha value is -2.31. The number of likely N-dealkylation sites (N-methyl/N-ethyl adjacent to an activating group) is 1. The van der Waals surface area contributed by atoms with Crippen molar-refractivity contribution in [3.05, 3.63) is 47.1 Å². The summed E-state index contributed by atoms with van der Waals surface area (Å²) in [6.45, 7) is 1.87. The first-order valence-electron chi connectivity index (χ1n) is 9.57. The second-order valence-corrected chi connectivity index (χ2v) is 7.98. The summed E-state index contributed by atoms with van der Waals surface area (Å²) in [5.74, 6) is -0.0964. The van der Waals surface area contributed by atoms with Crippen molar-refractivity contribution in [2.24, 2.45) is 5.92 Å². The number of benzene rings is 1. The number of hydrogen-bond acceptors (Lipinski definition) is 3. The number of fused-ring (bicyclic) bond motifs is 3. The maximum absolute atomic E-state index is 12.8. The van der Waals surface area contributed by atoms with E-state index in [0.29, 0.717) is 44.2 Å². The van der Waals surface area contributed by atoms with Gasteiger partial charge in [0.2, 0.25) is 11.8 Å². The number of nitrogens with one attached hydrogen (secondary N) is 1. The highest BCUT2D eigenvalue weighted by molar-refractivity contribution is 6.30. The third kappa shape index (κ3) is 3.93. The van der Waals surface area contributed by atoms with Crippen LogP contribution in [0.2, 0.25) is 5.02 Å². The first-order valence-corrected chi connectivity index (χ1v) is 9.95. The first kappa shape index (κ1) is 19.0. The van der Waals surface area contributed by atoms with Crippen LogP contribution in [0.1, 0.15) is 12.1 Å². The Labute approximate surface area is 169 Å². The Morgan fingerprint density at radius 2 is 1.96 bits per heavy atom. The predicted octanol–water partition coefficient (Wildman–Crippen LogP) is 2.58. The molecule has 2 aliphatic heterocycles. The van der Waals surface area contributed by atoms with Gasteiger partial charge in [-0.05, 0) is 36.2 Å². The zero-order valence-corrected chi connectivity index (χ0v) is 16.6. The molecule has 2 bridgehead atoms. The van der Waals surface area contributed by atoms with Gasteiger partial charge < -0.3 is 19.5 Å². The van der Waals surface area contributed by atoms with Crippen LogP contribution in [-0.4, -0.2) is 66.0 Å². The average Bonchev–Trinajstić information content (AvgIpc) is 3.06. The Kier molecular flexibility index (Phi) is 5.42. The highest BCUT2D eigenvalue weighted by atomic mass is 35.5. The summed E-state index contributed by atoms with van der Waals surface area (Å²) in [6.07, 6.45) is 1.05. The molecule has 0 radical (unpaired) electrons. The Morgan fingerprint density at radius 3 is 2.75 bits per heavy atom. The smallest absolute Gasteiger partial charge is 0.229 e. The molecule has 0 saturated carbocycles. The maximum Gasteiger partial charge on any atom is 0.229 e. The second-order valence-electron chi connectivity index (χ2n) is 7.54. The number of H-pyrrole nitrogens is 1. The minimum absolute atomic E-state index is 0.0639. The Balaban J connectivity index is 1.38. The zero-order chi connectivity index (χ0) is 19.7. The van der Waals surface area contributed by atoms with Crippen molar-refractivity contribution >= 4 is 23.4 Å². The predicted molar refractivity (Wildman–Crippen MR) is 107 cm³/mol. The van der Waals surface area contributed by atoms with Gasteiger partial charge >= 0.3 is 0 Å². The number of carbonyl (C=O) groups excluding carboxylic acids is 2. The molecular formula is C21H24ClN3O3. The van der Waals surface area contributed by atoms with E-state index in [1.54, 1.807) is 11.9 Å². The lowest BCUT2D eigenvalue weighted by Crippen LogP contribution is -2.45. The zero-order valence-electron chi connectivity index (χ0n) is 15.9. The minimum atomic E-state index is -0.261. The molecule has 7 heteroatoms. The van der Waals surface area contributed by atoms with E-state index in [9.17, 15) is 9.59 Å².